The molecule has 0 aromatic heterocycles. The van der Waals surface area contributed by atoms with Crippen molar-refractivity contribution >= 4 is 21.8 Å². The molecule has 1 rings (SSSR count). The molecule has 0 aliphatic carbocycles. The van der Waals surface area contributed by atoms with Crippen molar-refractivity contribution in [3.8, 4) is 5.75 Å². The first-order valence-corrected chi connectivity index (χ1v) is 8.51. The van der Waals surface area contributed by atoms with E-state index in [0.717, 1.165) is 17.7 Å². The van der Waals surface area contributed by atoms with Gasteiger partial charge in [-0.3, -0.25) is 0 Å². The van der Waals surface area contributed by atoms with Crippen LogP contribution in [0, 0.1) is 5.92 Å². The molecule has 1 aromatic carbocycles. The van der Waals surface area contributed by atoms with Gasteiger partial charge in [0, 0.05) is 0 Å². The summed E-state index contributed by atoms with van der Waals surface area (Å²) in [5.41, 5.74) is 0.960. The zero-order chi connectivity index (χ0) is 13.8. The number of benzene rings is 1. The van der Waals surface area contributed by atoms with Gasteiger partial charge in [0.2, 0.25) is 10.0 Å². The minimum absolute atomic E-state index is 0.0545. The van der Waals surface area contributed by atoms with Crippen LogP contribution in [0.3, 0.4) is 0 Å². The highest BCUT2D eigenvalue weighted by atomic mass is 32.2. The second kappa shape index (κ2) is 6.45. The lowest BCUT2D eigenvalue weighted by Crippen LogP contribution is -2.14. The van der Waals surface area contributed by atoms with E-state index in [1.54, 1.807) is 23.9 Å². The lowest BCUT2D eigenvalue weighted by molar-refractivity contribution is 0.402. The van der Waals surface area contributed by atoms with Gasteiger partial charge in [-0.05, 0) is 42.0 Å². The minimum Gasteiger partial charge on any atom is -0.495 e. The number of thioether (sulfide) groups is 1. The van der Waals surface area contributed by atoms with Crippen molar-refractivity contribution < 1.29 is 13.2 Å². The van der Waals surface area contributed by atoms with Crippen molar-refractivity contribution in [1.82, 2.24) is 0 Å². The van der Waals surface area contributed by atoms with Crippen LogP contribution >= 0.6 is 11.8 Å². The molecule has 6 heteroatoms. The van der Waals surface area contributed by atoms with E-state index in [0.29, 0.717) is 11.7 Å². The van der Waals surface area contributed by atoms with Gasteiger partial charge in [0.25, 0.3) is 0 Å². The van der Waals surface area contributed by atoms with E-state index in [1.807, 2.05) is 6.07 Å². The second-order valence-corrected chi connectivity index (χ2v) is 6.74. The van der Waals surface area contributed by atoms with Gasteiger partial charge in [-0.1, -0.05) is 13.0 Å². The first-order valence-electron chi connectivity index (χ1n) is 5.57. The number of methoxy groups -OCH3 is 1. The largest absolute Gasteiger partial charge is 0.495 e. The van der Waals surface area contributed by atoms with Crippen molar-refractivity contribution in [3.05, 3.63) is 23.8 Å². The summed E-state index contributed by atoms with van der Waals surface area (Å²) in [7, 11) is -2.32. The van der Waals surface area contributed by atoms with Crippen LogP contribution in [-0.2, 0) is 16.4 Å². The summed E-state index contributed by atoms with van der Waals surface area (Å²) in [5, 5.41) is 5.18. The predicted molar refractivity (Wildman–Crippen MR) is 75.6 cm³/mol. The molecule has 0 spiro atoms. The van der Waals surface area contributed by atoms with Crippen LogP contribution in [0.2, 0.25) is 0 Å². The molecule has 0 unspecified atom stereocenters. The molecular weight excluding hydrogens is 270 g/mol. The molecule has 0 aliphatic rings. The topological polar surface area (TPSA) is 69.4 Å². The SMILES string of the molecule is COc1ccc(C[C@H](C)CSC)cc1S(N)(=O)=O. The van der Waals surface area contributed by atoms with Crippen LogP contribution in [0.5, 0.6) is 5.75 Å². The average molecular weight is 289 g/mol. The average Bonchev–Trinajstić information content (AvgIpc) is 2.28. The molecule has 1 aromatic rings. The van der Waals surface area contributed by atoms with Gasteiger partial charge in [-0.15, -0.1) is 0 Å². The third kappa shape index (κ3) is 4.19. The molecule has 18 heavy (non-hydrogen) atoms. The monoisotopic (exact) mass is 289 g/mol. The molecule has 0 bridgehead atoms. The fourth-order valence-corrected chi connectivity index (χ4v) is 3.25. The second-order valence-electron chi connectivity index (χ2n) is 4.29. The molecule has 0 saturated carbocycles. The summed E-state index contributed by atoms with van der Waals surface area (Å²) in [6.07, 6.45) is 2.88. The maximum Gasteiger partial charge on any atom is 0.241 e. The summed E-state index contributed by atoms with van der Waals surface area (Å²) >= 11 is 1.78. The molecule has 1 atom stereocenters. The smallest absolute Gasteiger partial charge is 0.241 e. The quantitative estimate of drug-likeness (QED) is 0.868. The van der Waals surface area contributed by atoms with E-state index in [2.05, 4.69) is 13.2 Å². The Bertz CT molecular complexity index is 500. The summed E-state index contributed by atoms with van der Waals surface area (Å²) in [6.45, 7) is 2.14. The van der Waals surface area contributed by atoms with Gasteiger partial charge in [-0.25, -0.2) is 13.6 Å². The van der Waals surface area contributed by atoms with Crippen molar-refractivity contribution in [2.24, 2.45) is 11.1 Å². The Morgan fingerprint density at radius 1 is 1.44 bits per heavy atom. The molecule has 4 nitrogen and oxygen atoms in total. The number of sulfonamides is 1. The van der Waals surface area contributed by atoms with Crippen LogP contribution < -0.4 is 9.88 Å². The summed E-state index contributed by atoms with van der Waals surface area (Å²) in [5.74, 6) is 1.82. The first kappa shape index (κ1) is 15.3. The Labute approximate surface area is 113 Å². The van der Waals surface area contributed by atoms with Crippen LogP contribution in [-0.4, -0.2) is 27.5 Å². The zero-order valence-electron chi connectivity index (χ0n) is 10.8. The Morgan fingerprint density at radius 2 is 2.11 bits per heavy atom. The maximum absolute atomic E-state index is 11.5. The van der Waals surface area contributed by atoms with E-state index in [4.69, 9.17) is 9.88 Å². The fourth-order valence-electron chi connectivity index (χ4n) is 1.82. The van der Waals surface area contributed by atoms with Gasteiger partial charge in [-0.2, -0.15) is 11.8 Å². The predicted octanol–water partition coefficient (Wildman–Crippen LogP) is 1.88. The van der Waals surface area contributed by atoms with E-state index < -0.39 is 10.0 Å². The van der Waals surface area contributed by atoms with E-state index in [-0.39, 0.29) is 4.90 Å². The van der Waals surface area contributed by atoms with Crippen molar-refractivity contribution in [3.63, 3.8) is 0 Å². The minimum atomic E-state index is -3.75. The third-order valence-corrected chi connectivity index (χ3v) is 4.40. The molecule has 0 fully saturated rings. The fraction of sp³-hybridized carbons (Fsp3) is 0.500. The highest BCUT2D eigenvalue weighted by Gasteiger charge is 2.16. The lowest BCUT2D eigenvalue weighted by Gasteiger charge is -2.12. The van der Waals surface area contributed by atoms with Crippen molar-refractivity contribution in [2.45, 2.75) is 18.2 Å². The van der Waals surface area contributed by atoms with Gasteiger partial charge >= 0.3 is 0 Å². The molecule has 0 aliphatic heterocycles. The molecule has 0 amide bonds. The molecule has 2 N–H and O–H groups in total. The Balaban J connectivity index is 3.04. The van der Waals surface area contributed by atoms with Crippen LogP contribution in [0.25, 0.3) is 0 Å². The number of primary sulfonamides is 1. The Hall–Kier alpha value is -0.720. The van der Waals surface area contributed by atoms with E-state index >= 15 is 0 Å². The molecule has 0 saturated heterocycles. The highest BCUT2D eigenvalue weighted by molar-refractivity contribution is 7.98. The first-order chi connectivity index (χ1) is 8.38. The van der Waals surface area contributed by atoms with Crippen LogP contribution in [0.15, 0.2) is 23.1 Å². The van der Waals surface area contributed by atoms with Crippen molar-refractivity contribution in [1.29, 1.82) is 0 Å². The number of hydrogen-bond donors (Lipinski definition) is 1. The van der Waals surface area contributed by atoms with E-state index in [9.17, 15) is 8.42 Å². The van der Waals surface area contributed by atoms with Gasteiger partial charge in [0.1, 0.15) is 10.6 Å². The van der Waals surface area contributed by atoms with Crippen LogP contribution in [0.4, 0.5) is 0 Å². The molecule has 0 radical (unpaired) electrons. The highest BCUT2D eigenvalue weighted by Crippen LogP contribution is 2.25. The number of rotatable bonds is 6. The summed E-state index contributed by atoms with van der Waals surface area (Å²) in [6, 6.07) is 5.14. The van der Waals surface area contributed by atoms with Gasteiger partial charge in [0.15, 0.2) is 0 Å². The zero-order valence-corrected chi connectivity index (χ0v) is 12.5. The summed E-state index contributed by atoms with van der Waals surface area (Å²) < 4.78 is 28.0. The maximum atomic E-state index is 11.5. The standard InChI is InChI=1S/C12H19NO3S2/c1-9(8-17-3)6-10-4-5-11(16-2)12(7-10)18(13,14)15/h4-5,7,9H,6,8H2,1-3H3,(H2,13,14,15)/t9-/m0/s1. The van der Waals surface area contributed by atoms with Gasteiger partial charge in [0.05, 0.1) is 7.11 Å². The molecule has 102 valence electrons. The van der Waals surface area contributed by atoms with Crippen molar-refractivity contribution in [2.75, 3.05) is 19.1 Å². The summed E-state index contributed by atoms with van der Waals surface area (Å²) in [4.78, 5) is 0.0545. The number of ether oxygens (including phenoxy) is 1. The Morgan fingerprint density at radius 3 is 2.61 bits per heavy atom. The molecular formula is C12H19NO3S2. The lowest BCUT2D eigenvalue weighted by atomic mass is 10.0. The molecule has 0 heterocycles. The number of hydrogen-bond acceptors (Lipinski definition) is 4. The number of nitrogens with two attached hydrogens (primary N) is 1. The van der Waals surface area contributed by atoms with Crippen LogP contribution in [0.1, 0.15) is 12.5 Å². The third-order valence-electron chi connectivity index (χ3n) is 2.57. The van der Waals surface area contributed by atoms with E-state index in [1.165, 1.54) is 7.11 Å². The van der Waals surface area contributed by atoms with Gasteiger partial charge < -0.3 is 4.74 Å². The Kier molecular flexibility index (Phi) is 5.49. The normalized spacial score (nSPS) is 13.3.